The highest BCUT2D eigenvalue weighted by atomic mass is 28.4. The molecule has 0 unspecified atom stereocenters. The van der Waals surface area contributed by atoms with E-state index in [1.165, 1.54) is 0 Å². The zero-order valence-corrected chi connectivity index (χ0v) is 19.6. The molecule has 1 N–H and O–H groups in total. The van der Waals surface area contributed by atoms with Crippen LogP contribution >= 0.6 is 0 Å². The Morgan fingerprint density at radius 3 is 2.60 bits per heavy atom. The second kappa shape index (κ2) is 8.11. The van der Waals surface area contributed by atoms with Crippen molar-refractivity contribution in [2.75, 3.05) is 0 Å². The summed E-state index contributed by atoms with van der Waals surface area (Å²) in [5, 5.41) is 2.43. The minimum absolute atomic E-state index is 0.0850. The van der Waals surface area contributed by atoms with Crippen molar-refractivity contribution >= 4 is 26.0 Å². The average Bonchev–Trinajstić information content (AvgIpc) is 2.96. The van der Waals surface area contributed by atoms with Gasteiger partial charge in [0.1, 0.15) is 6.04 Å². The van der Waals surface area contributed by atoms with Crippen LogP contribution in [0.25, 0.3) is 0 Å². The number of carbonyl (C=O) groups is 3. The Morgan fingerprint density at radius 2 is 2.00 bits per heavy atom. The van der Waals surface area contributed by atoms with Gasteiger partial charge in [0.25, 0.3) is 5.91 Å². The molecule has 2 aliphatic rings. The lowest BCUT2D eigenvalue weighted by Crippen LogP contribution is -2.52. The van der Waals surface area contributed by atoms with Crippen LogP contribution < -0.4 is 5.32 Å². The summed E-state index contributed by atoms with van der Waals surface area (Å²) in [6.07, 6.45) is 3.06. The van der Waals surface area contributed by atoms with E-state index >= 15 is 0 Å². The van der Waals surface area contributed by atoms with E-state index in [2.05, 4.69) is 45.8 Å². The lowest BCUT2D eigenvalue weighted by molar-refractivity contribution is -0.136. The second-order valence-corrected chi connectivity index (χ2v) is 14.5. The fourth-order valence-electron chi connectivity index (χ4n) is 3.73. The van der Waals surface area contributed by atoms with E-state index in [1.54, 1.807) is 4.90 Å². The van der Waals surface area contributed by atoms with Gasteiger partial charge in [-0.1, -0.05) is 39.0 Å². The van der Waals surface area contributed by atoms with Crippen molar-refractivity contribution in [3.05, 3.63) is 47.5 Å². The molecular formula is C23H32N2O4Si. The summed E-state index contributed by atoms with van der Waals surface area (Å²) in [6.45, 7) is 15.4. The van der Waals surface area contributed by atoms with Crippen LogP contribution in [0.5, 0.6) is 0 Å². The van der Waals surface area contributed by atoms with E-state index in [0.29, 0.717) is 24.9 Å². The molecule has 0 aliphatic carbocycles. The van der Waals surface area contributed by atoms with Crippen molar-refractivity contribution in [2.24, 2.45) is 0 Å². The monoisotopic (exact) mass is 428 g/mol. The Hall–Kier alpha value is -2.25. The van der Waals surface area contributed by atoms with Gasteiger partial charge < -0.3 is 9.33 Å². The van der Waals surface area contributed by atoms with E-state index < -0.39 is 20.3 Å². The number of imide groups is 1. The summed E-state index contributed by atoms with van der Waals surface area (Å²) in [5.74, 6) is -0.826. The number of hydrogen-bond acceptors (Lipinski definition) is 4. The van der Waals surface area contributed by atoms with Gasteiger partial charge in [-0.05, 0) is 48.2 Å². The number of piperidine rings is 1. The highest BCUT2D eigenvalue weighted by Gasteiger charge is 2.41. The molecule has 0 spiro atoms. The molecule has 3 amide bonds. The third kappa shape index (κ3) is 4.27. The van der Waals surface area contributed by atoms with Crippen LogP contribution in [0.2, 0.25) is 18.1 Å². The van der Waals surface area contributed by atoms with Gasteiger partial charge >= 0.3 is 0 Å². The van der Waals surface area contributed by atoms with Crippen LogP contribution in [0.15, 0.2) is 30.9 Å². The third-order valence-corrected chi connectivity index (χ3v) is 11.0. The molecule has 30 heavy (non-hydrogen) atoms. The maximum Gasteiger partial charge on any atom is 0.255 e. The van der Waals surface area contributed by atoms with Crippen molar-refractivity contribution < 1.29 is 18.8 Å². The van der Waals surface area contributed by atoms with Crippen LogP contribution in [0, 0.1) is 0 Å². The molecule has 2 atom stereocenters. The number of hydrogen-bond donors (Lipinski definition) is 1. The molecule has 162 valence electrons. The smallest absolute Gasteiger partial charge is 0.255 e. The molecule has 0 saturated carbocycles. The molecule has 2 aliphatic heterocycles. The molecular weight excluding hydrogens is 396 g/mol. The molecule has 1 aromatic rings. The number of fused-ring (bicyclic) bond motifs is 1. The summed E-state index contributed by atoms with van der Waals surface area (Å²) in [5.41, 5.74) is 2.54. The molecule has 7 heteroatoms. The van der Waals surface area contributed by atoms with Gasteiger partial charge in [0, 0.05) is 18.5 Å². The predicted molar refractivity (Wildman–Crippen MR) is 118 cm³/mol. The van der Waals surface area contributed by atoms with E-state index in [9.17, 15) is 14.4 Å². The zero-order chi connectivity index (χ0) is 22.3. The van der Waals surface area contributed by atoms with Gasteiger partial charge in [0.15, 0.2) is 8.32 Å². The number of amides is 3. The van der Waals surface area contributed by atoms with E-state index in [4.69, 9.17) is 4.43 Å². The maximum absolute atomic E-state index is 12.9. The Bertz CT molecular complexity index is 888. The van der Waals surface area contributed by atoms with Crippen molar-refractivity contribution in [1.29, 1.82) is 0 Å². The first-order chi connectivity index (χ1) is 13.9. The van der Waals surface area contributed by atoms with Gasteiger partial charge in [-0.3, -0.25) is 19.7 Å². The van der Waals surface area contributed by atoms with Crippen molar-refractivity contribution in [3.8, 4) is 0 Å². The molecule has 0 aromatic heterocycles. The quantitative estimate of drug-likeness (QED) is 0.421. The maximum atomic E-state index is 12.9. The average molecular weight is 429 g/mol. The normalized spacial score (nSPS) is 20.8. The van der Waals surface area contributed by atoms with Crippen molar-refractivity contribution in [1.82, 2.24) is 10.2 Å². The number of benzene rings is 1. The van der Waals surface area contributed by atoms with Crippen LogP contribution in [0.3, 0.4) is 0 Å². The standard InChI is InChI=1S/C23H32N2O4Si/c1-7-8-19(29-30(5,6)23(2,3)4)15-9-10-17-16(13-15)14-25(22(17)28)18-11-12-20(26)24-21(18)27/h7,9-10,13,18-19H,1,8,11-12,14H2,2-6H3,(H,24,26,27)/t18-,19+/m0/s1. The van der Waals surface area contributed by atoms with Gasteiger partial charge in [-0.15, -0.1) is 6.58 Å². The summed E-state index contributed by atoms with van der Waals surface area (Å²) in [6, 6.07) is 5.22. The first-order valence-corrected chi connectivity index (χ1v) is 13.4. The molecule has 0 radical (unpaired) electrons. The molecule has 1 saturated heterocycles. The zero-order valence-electron chi connectivity index (χ0n) is 18.6. The fraction of sp³-hybridized carbons (Fsp3) is 0.522. The molecule has 6 nitrogen and oxygen atoms in total. The third-order valence-electron chi connectivity index (χ3n) is 6.54. The molecule has 1 fully saturated rings. The van der Waals surface area contributed by atoms with Crippen LogP contribution in [0.1, 0.15) is 67.6 Å². The number of rotatable bonds is 6. The van der Waals surface area contributed by atoms with Gasteiger partial charge in [-0.2, -0.15) is 0 Å². The minimum Gasteiger partial charge on any atom is -0.410 e. The first kappa shape index (κ1) is 22.4. The molecule has 1 aromatic carbocycles. The largest absolute Gasteiger partial charge is 0.410 e. The van der Waals surface area contributed by atoms with E-state index in [1.807, 2.05) is 24.3 Å². The topological polar surface area (TPSA) is 75.7 Å². The number of nitrogens with zero attached hydrogens (tertiary/aromatic N) is 1. The SMILES string of the molecule is C=CC[C@@H](O[Si](C)(C)C(C)(C)C)c1ccc2c(c1)CN([C@H]1CCC(=O)NC1=O)C2=O. The number of carbonyl (C=O) groups excluding carboxylic acids is 3. The van der Waals surface area contributed by atoms with Crippen molar-refractivity contribution in [2.45, 2.75) is 76.9 Å². The second-order valence-electron chi connectivity index (χ2n) is 9.71. The lowest BCUT2D eigenvalue weighted by atomic mass is 10.0. The highest BCUT2D eigenvalue weighted by Crippen LogP contribution is 2.41. The van der Waals surface area contributed by atoms with E-state index in [0.717, 1.165) is 11.1 Å². The fourth-order valence-corrected chi connectivity index (χ4v) is 5.03. The molecule has 3 rings (SSSR count). The Labute approximate surface area is 179 Å². The van der Waals surface area contributed by atoms with Crippen molar-refractivity contribution in [3.63, 3.8) is 0 Å². The lowest BCUT2D eigenvalue weighted by Gasteiger charge is -2.39. The molecule has 0 bridgehead atoms. The van der Waals surface area contributed by atoms with E-state index in [-0.39, 0.29) is 29.4 Å². The van der Waals surface area contributed by atoms with Crippen LogP contribution in [-0.4, -0.2) is 37.0 Å². The summed E-state index contributed by atoms with van der Waals surface area (Å²) in [7, 11) is -1.99. The highest BCUT2D eigenvalue weighted by molar-refractivity contribution is 6.74. The van der Waals surface area contributed by atoms with Gasteiger partial charge in [0.2, 0.25) is 11.8 Å². The Morgan fingerprint density at radius 1 is 1.30 bits per heavy atom. The van der Waals surface area contributed by atoms with Gasteiger partial charge in [0.05, 0.1) is 6.10 Å². The minimum atomic E-state index is -1.99. The van der Waals surface area contributed by atoms with Crippen LogP contribution in [0.4, 0.5) is 0 Å². The molecule has 2 heterocycles. The Balaban J connectivity index is 1.84. The predicted octanol–water partition coefficient (Wildman–Crippen LogP) is 4.09. The summed E-state index contributed by atoms with van der Waals surface area (Å²) >= 11 is 0. The number of nitrogens with one attached hydrogen (secondary N) is 1. The van der Waals surface area contributed by atoms with Crippen LogP contribution in [-0.2, 0) is 20.6 Å². The summed E-state index contributed by atoms with van der Waals surface area (Å²) < 4.78 is 6.65. The summed E-state index contributed by atoms with van der Waals surface area (Å²) in [4.78, 5) is 38.2. The van der Waals surface area contributed by atoms with Gasteiger partial charge in [-0.25, -0.2) is 0 Å². The first-order valence-electron chi connectivity index (χ1n) is 10.5. The Kier molecular flexibility index (Phi) is 6.07.